The zero-order valence-electron chi connectivity index (χ0n) is 15.9. The van der Waals surface area contributed by atoms with Gasteiger partial charge in [-0.1, -0.05) is 24.6 Å². The summed E-state index contributed by atoms with van der Waals surface area (Å²) in [6, 6.07) is 11.2. The van der Waals surface area contributed by atoms with Crippen LogP contribution in [-0.4, -0.2) is 32.3 Å². The molecular weight excluding hydrogens is 356 g/mol. The van der Waals surface area contributed by atoms with Crippen LogP contribution in [-0.2, 0) is 11.3 Å². The fraction of sp³-hybridized carbons (Fsp3) is 0.381. The quantitative estimate of drug-likeness (QED) is 0.714. The number of ether oxygens (including phenoxy) is 1. The highest BCUT2D eigenvalue weighted by Crippen LogP contribution is 2.28. The number of hydrogen-bond acceptors (Lipinski definition) is 5. The maximum absolute atomic E-state index is 12.1. The minimum absolute atomic E-state index is 0.00359. The molecule has 4 rings (SSSR count). The van der Waals surface area contributed by atoms with Gasteiger partial charge >= 0.3 is 6.09 Å². The molecule has 1 saturated carbocycles. The van der Waals surface area contributed by atoms with Crippen LogP contribution in [0.4, 0.5) is 4.79 Å². The fourth-order valence-electron chi connectivity index (χ4n) is 3.63. The molecule has 7 heteroatoms. The number of benzene rings is 2. The van der Waals surface area contributed by atoms with Gasteiger partial charge in [0, 0.05) is 12.1 Å². The molecule has 0 saturated heterocycles. The van der Waals surface area contributed by atoms with Crippen LogP contribution in [0.2, 0.25) is 0 Å². The minimum atomic E-state index is -0.447. The van der Waals surface area contributed by atoms with Crippen molar-refractivity contribution in [2.24, 2.45) is 0 Å². The Morgan fingerprint density at radius 3 is 2.54 bits per heavy atom. The van der Waals surface area contributed by atoms with E-state index in [0.29, 0.717) is 11.3 Å². The largest absolute Gasteiger partial charge is 0.505 e. The standard InChI is InChI=1S/C21H24N4O3/c1-14-11-15(13-22-21(27)28-16-7-3-2-4-8-16)20(26)19(12-14)25-23-17-9-5-6-10-18(17)24-25/h5-6,9-12,16,26H,2-4,7-8,13H2,1H3,(H,22,27). The second-order valence-electron chi connectivity index (χ2n) is 7.29. The van der Waals surface area contributed by atoms with Gasteiger partial charge in [0.25, 0.3) is 0 Å². The van der Waals surface area contributed by atoms with E-state index in [1.807, 2.05) is 43.3 Å². The lowest BCUT2D eigenvalue weighted by Gasteiger charge is -2.22. The van der Waals surface area contributed by atoms with Gasteiger partial charge in [-0.25, -0.2) is 4.79 Å². The maximum atomic E-state index is 12.1. The van der Waals surface area contributed by atoms with Crippen molar-refractivity contribution in [3.8, 4) is 11.4 Å². The third kappa shape index (κ3) is 3.93. The van der Waals surface area contributed by atoms with Crippen molar-refractivity contribution < 1.29 is 14.6 Å². The van der Waals surface area contributed by atoms with Crippen molar-refractivity contribution in [1.82, 2.24) is 20.3 Å². The number of aromatic hydroxyl groups is 1. The molecule has 1 amide bonds. The average molecular weight is 380 g/mol. The maximum Gasteiger partial charge on any atom is 0.407 e. The molecule has 1 heterocycles. The third-order valence-corrected chi connectivity index (χ3v) is 5.06. The summed E-state index contributed by atoms with van der Waals surface area (Å²) in [4.78, 5) is 13.5. The van der Waals surface area contributed by atoms with Crippen LogP contribution in [0.3, 0.4) is 0 Å². The van der Waals surface area contributed by atoms with E-state index < -0.39 is 6.09 Å². The first-order valence-electron chi connectivity index (χ1n) is 9.69. The number of phenolic OH excluding ortho intramolecular Hbond substituents is 1. The van der Waals surface area contributed by atoms with E-state index in [1.54, 1.807) is 0 Å². The molecule has 28 heavy (non-hydrogen) atoms. The molecule has 1 aliphatic carbocycles. The van der Waals surface area contributed by atoms with Gasteiger partial charge in [0.2, 0.25) is 0 Å². The number of nitrogens with zero attached hydrogens (tertiary/aromatic N) is 3. The van der Waals surface area contributed by atoms with E-state index in [4.69, 9.17) is 4.74 Å². The lowest BCUT2D eigenvalue weighted by atomic mass is 9.98. The molecular formula is C21H24N4O3. The zero-order chi connectivity index (χ0) is 19.5. The lowest BCUT2D eigenvalue weighted by Crippen LogP contribution is -2.29. The number of alkyl carbamates (subject to hydrolysis) is 1. The van der Waals surface area contributed by atoms with Crippen molar-refractivity contribution in [2.75, 3.05) is 0 Å². The molecule has 0 unspecified atom stereocenters. The van der Waals surface area contributed by atoms with Gasteiger partial charge in [-0.15, -0.1) is 15.0 Å². The van der Waals surface area contributed by atoms with Gasteiger partial charge in [-0.05, 0) is 56.4 Å². The molecule has 1 aliphatic rings. The van der Waals surface area contributed by atoms with E-state index in [1.165, 1.54) is 11.2 Å². The highest BCUT2D eigenvalue weighted by Gasteiger charge is 2.18. The van der Waals surface area contributed by atoms with Crippen LogP contribution in [0.25, 0.3) is 16.7 Å². The Morgan fingerprint density at radius 2 is 1.86 bits per heavy atom. The van der Waals surface area contributed by atoms with Crippen LogP contribution in [0.15, 0.2) is 36.4 Å². The molecule has 7 nitrogen and oxygen atoms in total. The molecule has 2 aromatic carbocycles. The number of nitrogens with one attached hydrogen (secondary N) is 1. The predicted molar refractivity (Wildman–Crippen MR) is 105 cm³/mol. The molecule has 146 valence electrons. The topological polar surface area (TPSA) is 89.3 Å². The van der Waals surface area contributed by atoms with E-state index >= 15 is 0 Å². The second-order valence-corrected chi connectivity index (χ2v) is 7.29. The summed E-state index contributed by atoms with van der Waals surface area (Å²) >= 11 is 0. The van der Waals surface area contributed by atoms with Crippen LogP contribution in [0.1, 0.15) is 43.2 Å². The van der Waals surface area contributed by atoms with Crippen molar-refractivity contribution in [1.29, 1.82) is 0 Å². The van der Waals surface area contributed by atoms with Crippen molar-refractivity contribution in [3.63, 3.8) is 0 Å². The van der Waals surface area contributed by atoms with Crippen LogP contribution in [0, 0.1) is 6.92 Å². The average Bonchev–Trinajstić information content (AvgIpc) is 3.13. The number of phenols is 1. The summed E-state index contributed by atoms with van der Waals surface area (Å²) in [5, 5.41) is 22.3. The van der Waals surface area contributed by atoms with Gasteiger partial charge < -0.3 is 15.2 Å². The third-order valence-electron chi connectivity index (χ3n) is 5.06. The SMILES string of the molecule is Cc1cc(CNC(=O)OC2CCCCC2)c(O)c(-n2nc3ccccc3n2)c1. The Balaban J connectivity index is 1.50. The summed E-state index contributed by atoms with van der Waals surface area (Å²) in [7, 11) is 0. The molecule has 2 N–H and O–H groups in total. The summed E-state index contributed by atoms with van der Waals surface area (Å²) in [5.74, 6) is 0.0453. The van der Waals surface area contributed by atoms with Crippen molar-refractivity contribution >= 4 is 17.1 Å². The van der Waals surface area contributed by atoms with Gasteiger partial charge in [0.1, 0.15) is 28.6 Å². The lowest BCUT2D eigenvalue weighted by molar-refractivity contribution is 0.0750. The molecule has 1 fully saturated rings. The summed E-state index contributed by atoms with van der Waals surface area (Å²) < 4.78 is 5.48. The highest BCUT2D eigenvalue weighted by atomic mass is 16.6. The molecule has 0 radical (unpaired) electrons. The Morgan fingerprint density at radius 1 is 1.18 bits per heavy atom. The number of aromatic nitrogens is 3. The molecule has 0 spiro atoms. The number of aryl methyl sites for hydroxylation is 1. The molecule has 0 atom stereocenters. The summed E-state index contributed by atoms with van der Waals surface area (Å²) in [5.41, 5.74) is 3.51. The first kappa shape index (κ1) is 18.3. The first-order valence-corrected chi connectivity index (χ1v) is 9.69. The normalized spacial score (nSPS) is 14.9. The molecule has 0 bridgehead atoms. The number of carbonyl (C=O) groups is 1. The van der Waals surface area contributed by atoms with Crippen molar-refractivity contribution in [2.45, 2.75) is 51.7 Å². The van der Waals surface area contributed by atoms with Crippen molar-refractivity contribution in [3.05, 3.63) is 47.5 Å². The number of carbonyl (C=O) groups excluding carboxylic acids is 1. The zero-order valence-corrected chi connectivity index (χ0v) is 15.9. The summed E-state index contributed by atoms with van der Waals surface area (Å²) in [6.45, 7) is 2.10. The summed E-state index contributed by atoms with van der Waals surface area (Å²) in [6.07, 6.45) is 4.81. The van der Waals surface area contributed by atoms with Crippen LogP contribution < -0.4 is 5.32 Å². The molecule has 1 aromatic heterocycles. The van der Waals surface area contributed by atoms with E-state index in [-0.39, 0.29) is 18.4 Å². The van der Waals surface area contributed by atoms with E-state index in [2.05, 4.69) is 15.5 Å². The van der Waals surface area contributed by atoms with Gasteiger partial charge in [0.15, 0.2) is 0 Å². The highest BCUT2D eigenvalue weighted by molar-refractivity contribution is 5.74. The minimum Gasteiger partial charge on any atom is -0.505 e. The Kier molecular flexibility index (Phi) is 5.14. The Bertz CT molecular complexity index is 959. The fourth-order valence-corrected chi connectivity index (χ4v) is 3.63. The van der Waals surface area contributed by atoms with Gasteiger partial charge in [-0.2, -0.15) is 0 Å². The van der Waals surface area contributed by atoms with E-state index in [9.17, 15) is 9.90 Å². The van der Waals surface area contributed by atoms with Crippen LogP contribution in [0.5, 0.6) is 5.75 Å². The predicted octanol–water partition coefficient (Wildman–Crippen LogP) is 3.99. The molecule has 3 aromatic rings. The number of hydrogen-bond donors (Lipinski definition) is 2. The van der Waals surface area contributed by atoms with Crippen LogP contribution >= 0.6 is 0 Å². The van der Waals surface area contributed by atoms with Gasteiger partial charge in [-0.3, -0.25) is 0 Å². The Hall–Kier alpha value is -3.09. The first-order chi connectivity index (χ1) is 13.6. The Labute approximate surface area is 163 Å². The number of rotatable bonds is 4. The molecule has 0 aliphatic heterocycles. The second kappa shape index (κ2) is 7.88. The number of fused-ring (bicyclic) bond motifs is 1. The van der Waals surface area contributed by atoms with E-state index in [0.717, 1.165) is 42.3 Å². The monoisotopic (exact) mass is 380 g/mol. The van der Waals surface area contributed by atoms with Gasteiger partial charge in [0.05, 0.1) is 0 Å². The smallest absolute Gasteiger partial charge is 0.407 e. The number of amides is 1.